The summed E-state index contributed by atoms with van der Waals surface area (Å²) in [6, 6.07) is 10.7. The van der Waals surface area contributed by atoms with E-state index in [2.05, 4.69) is 52.4 Å². The summed E-state index contributed by atoms with van der Waals surface area (Å²) in [6.07, 6.45) is 0.936. The van der Waals surface area contributed by atoms with Gasteiger partial charge >= 0.3 is 12.0 Å². The smallest absolute Gasteiger partial charge is 0.312 e. The molecule has 2 heterocycles. The molecule has 1 aliphatic rings. The number of rotatable bonds is 18. The molecule has 0 aliphatic carbocycles. The molecule has 0 spiro atoms. The van der Waals surface area contributed by atoms with E-state index in [0.717, 1.165) is 0 Å². The quantitative estimate of drug-likeness (QED) is 0.0448. The molecule has 0 bridgehead atoms. The lowest BCUT2D eigenvalue weighted by atomic mass is 10.0. The van der Waals surface area contributed by atoms with Gasteiger partial charge in [0.15, 0.2) is 5.82 Å². The summed E-state index contributed by atoms with van der Waals surface area (Å²) in [6.45, 7) is -0.711. The van der Waals surface area contributed by atoms with Crippen LogP contribution < -0.4 is 43.0 Å². The van der Waals surface area contributed by atoms with Crippen LogP contribution in [-0.2, 0) is 51.9 Å². The summed E-state index contributed by atoms with van der Waals surface area (Å²) in [5.41, 5.74) is 6.13. The summed E-state index contributed by atoms with van der Waals surface area (Å²) in [7, 11) is -4.46. The molecule has 0 saturated carbocycles. The lowest BCUT2D eigenvalue weighted by Gasteiger charge is -2.26. The Bertz CT molecular complexity index is 2300. The van der Waals surface area contributed by atoms with E-state index in [9.17, 15) is 56.4 Å². The van der Waals surface area contributed by atoms with Gasteiger partial charge in [0.2, 0.25) is 29.5 Å². The number of hydrogen-bond donors (Lipinski definition) is 10. The highest BCUT2D eigenvalue weighted by atomic mass is 32.2. The van der Waals surface area contributed by atoms with Crippen LogP contribution in [0.2, 0.25) is 0 Å². The number of nitrogens with zero attached hydrogens (tertiary/aromatic N) is 3. The lowest BCUT2D eigenvalue weighted by Crippen LogP contribution is -2.58. The van der Waals surface area contributed by atoms with Gasteiger partial charge in [0.1, 0.15) is 24.2 Å². The summed E-state index contributed by atoms with van der Waals surface area (Å²) < 4.78 is 32.7. The van der Waals surface area contributed by atoms with Crippen molar-refractivity contribution in [3.63, 3.8) is 0 Å². The van der Waals surface area contributed by atoms with Gasteiger partial charge in [-0.25, -0.2) is 9.78 Å². The fourth-order valence-corrected chi connectivity index (χ4v) is 6.99. The van der Waals surface area contributed by atoms with Crippen molar-refractivity contribution in [3.8, 4) is 0 Å². The summed E-state index contributed by atoms with van der Waals surface area (Å²) in [5.74, 6) is -6.17. The van der Waals surface area contributed by atoms with Crippen LogP contribution in [0.15, 0.2) is 88.1 Å². The van der Waals surface area contributed by atoms with Crippen LogP contribution in [0.4, 0.5) is 10.6 Å². The second-order valence-electron chi connectivity index (χ2n) is 14.4. The third-order valence-corrected chi connectivity index (χ3v) is 10.4. The molecule has 11 N–H and O–H groups in total. The predicted molar refractivity (Wildman–Crippen MR) is 225 cm³/mol. The first-order valence-corrected chi connectivity index (χ1v) is 21.4. The Hall–Kier alpha value is -7.34. The van der Waals surface area contributed by atoms with Crippen LogP contribution in [0.3, 0.4) is 0 Å². The van der Waals surface area contributed by atoms with E-state index in [4.69, 9.17) is 5.73 Å². The van der Waals surface area contributed by atoms with Crippen molar-refractivity contribution < 1.29 is 56.4 Å². The van der Waals surface area contributed by atoms with Crippen molar-refractivity contribution in [2.75, 3.05) is 19.6 Å². The number of nitrogens with two attached hydrogens (primary N) is 1. The average Bonchev–Trinajstić information content (AvgIpc) is 3.25. The number of pyridine rings is 1. The molecule has 64 heavy (non-hydrogen) atoms. The van der Waals surface area contributed by atoms with E-state index in [1.54, 1.807) is 36.4 Å². The molecule has 4 atom stereocenters. The molecule has 3 aromatic rings. The van der Waals surface area contributed by atoms with Crippen molar-refractivity contribution in [1.29, 1.82) is 0 Å². The first-order chi connectivity index (χ1) is 30.5. The number of hydrogen-bond acceptors (Lipinski definition) is 13. The third-order valence-electron chi connectivity index (χ3n) is 9.48. The number of carboxylic acid groups (broad SMARTS) is 1. The standard InChI is InChI=1S/C40H49N11O12S/c41-40(60)43-18-8-13-27-36(56)45-23-33(52)47-30(20-34(53)54)39(59)50-29(19-24-9-2-1-3-10-24)38(58)49-28(37(57)48-27)12-6-7-17-42-35(55)26-15-16-32(44-21-26)51-46-22-25-11-4-5-14-31(25)64(61,62)63/h1-5,9-11,14-16,21,27-30H,6-8,12-13,17-20,22-23H2,(H,42,55)(H,45,56)(H,47,52)(H,48,57)(H,49,58)(H,50,59)(H,53,54)(H3,41,43,60)(H,61,62,63)/t27-,28-,29+,30-/m0/s1. The Morgan fingerprint density at radius 3 is 2.05 bits per heavy atom. The molecular weight excluding hydrogens is 859 g/mol. The summed E-state index contributed by atoms with van der Waals surface area (Å²) in [5, 5.41) is 34.9. The number of primary amides is 1. The van der Waals surface area contributed by atoms with Gasteiger partial charge in [0, 0.05) is 25.7 Å². The number of urea groups is 1. The van der Waals surface area contributed by atoms with E-state index in [-0.39, 0.29) is 73.6 Å². The summed E-state index contributed by atoms with van der Waals surface area (Å²) >= 11 is 0. The molecule has 4 rings (SSSR count). The normalized spacial score (nSPS) is 18.9. The number of aliphatic carboxylic acids is 1. The highest BCUT2D eigenvalue weighted by Gasteiger charge is 2.33. The molecular formula is C40H49N11O12S. The number of benzene rings is 2. The second-order valence-corrected chi connectivity index (χ2v) is 15.8. The first kappa shape index (κ1) is 49.3. The molecule has 0 unspecified atom stereocenters. The molecule has 1 aliphatic heterocycles. The van der Waals surface area contributed by atoms with Crippen molar-refractivity contribution in [3.05, 3.63) is 89.6 Å². The van der Waals surface area contributed by atoms with E-state index in [1.165, 1.54) is 36.5 Å². The maximum atomic E-state index is 14.0. The number of amides is 8. The lowest BCUT2D eigenvalue weighted by molar-refractivity contribution is -0.141. The highest BCUT2D eigenvalue weighted by molar-refractivity contribution is 7.85. The molecule has 1 saturated heterocycles. The second kappa shape index (κ2) is 24.3. The predicted octanol–water partition coefficient (Wildman–Crippen LogP) is -0.253. The van der Waals surface area contributed by atoms with Gasteiger partial charge in [-0.2, -0.15) is 13.5 Å². The van der Waals surface area contributed by atoms with E-state index < -0.39 is 94.7 Å². The molecule has 8 amide bonds. The minimum absolute atomic E-state index is 0.0192. The fraction of sp³-hybridized carbons (Fsp3) is 0.375. The van der Waals surface area contributed by atoms with Crippen LogP contribution in [0.1, 0.15) is 60.0 Å². The van der Waals surface area contributed by atoms with Crippen LogP contribution in [0, 0.1) is 0 Å². The third kappa shape index (κ3) is 16.5. The maximum absolute atomic E-state index is 14.0. The van der Waals surface area contributed by atoms with Gasteiger partial charge in [-0.3, -0.25) is 38.1 Å². The van der Waals surface area contributed by atoms with Gasteiger partial charge in [-0.1, -0.05) is 48.5 Å². The SMILES string of the molecule is NC(=O)NCCC[C@@H]1NC(=O)[C@H](CCCCNC(=O)c2ccc(N=NCc3ccccc3S(=O)(=O)O)nc2)NC(=O)[C@@H](Cc2ccccc2)NC(=O)[C@H](CC(=O)O)NC(=O)CNC1=O. The van der Waals surface area contributed by atoms with Gasteiger partial charge in [0.25, 0.3) is 16.0 Å². The van der Waals surface area contributed by atoms with E-state index >= 15 is 0 Å². The zero-order chi connectivity index (χ0) is 46.6. The van der Waals surface area contributed by atoms with Crippen LogP contribution in [0.5, 0.6) is 0 Å². The molecule has 0 radical (unpaired) electrons. The van der Waals surface area contributed by atoms with Crippen LogP contribution in [0.25, 0.3) is 0 Å². The monoisotopic (exact) mass is 907 g/mol. The first-order valence-electron chi connectivity index (χ1n) is 19.9. The van der Waals surface area contributed by atoms with Crippen molar-refractivity contribution in [1.82, 2.24) is 42.2 Å². The number of carbonyl (C=O) groups excluding carboxylic acids is 7. The Balaban J connectivity index is 1.46. The minimum atomic E-state index is -4.46. The molecule has 342 valence electrons. The zero-order valence-electron chi connectivity index (χ0n) is 34.3. The Kier molecular flexibility index (Phi) is 18.8. The van der Waals surface area contributed by atoms with Gasteiger partial charge in [-0.05, 0) is 61.4 Å². The number of aromatic nitrogens is 1. The molecule has 1 fully saturated rings. The largest absolute Gasteiger partial charge is 0.481 e. The Morgan fingerprint density at radius 1 is 0.750 bits per heavy atom. The van der Waals surface area contributed by atoms with Crippen LogP contribution >= 0.6 is 0 Å². The van der Waals surface area contributed by atoms with Crippen molar-refractivity contribution in [2.24, 2.45) is 16.0 Å². The van der Waals surface area contributed by atoms with E-state index in [0.29, 0.717) is 12.0 Å². The number of carbonyl (C=O) groups is 8. The van der Waals surface area contributed by atoms with Crippen molar-refractivity contribution >= 4 is 63.4 Å². The summed E-state index contributed by atoms with van der Waals surface area (Å²) in [4.78, 5) is 107. The molecule has 23 nitrogen and oxygen atoms in total. The Labute approximate surface area is 367 Å². The highest BCUT2D eigenvalue weighted by Crippen LogP contribution is 2.18. The number of unbranched alkanes of at least 4 members (excludes halogenated alkanes) is 1. The van der Waals surface area contributed by atoms with Gasteiger partial charge < -0.3 is 48.1 Å². The van der Waals surface area contributed by atoms with Crippen molar-refractivity contribution in [2.45, 2.75) is 80.6 Å². The molecule has 1 aromatic heterocycles. The fourth-order valence-electron chi connectivity index (χ4n) is 6.28. The number of azo groups is 1. The van der Waals surface area contributed by atoms with Gasteiger partial charge in [-0.15, -0.1) is 5.11 Å². The molecule has 2 aromatic carbocycles. The molecule has 24 heteroatoms. The number of nitrogens with one attached hydrogen (secondary N) is 7. The van der Waals surface area contributed by atoms with Gasteiger partial charge in [0.05, 0.1) is 30.0 Å². The van der Waals surface area contributed by atoms with Crippen LogP contribution in [-0.4, -0.2) is 114 Å². The maximum Gasteiger partial charge on any atom is 0.312 e. The number of carboxylic acids is 1. The topological polar surface area (TPSA) is 359 Å². The Morgan fingerprint density at radius 2 is 1.38 bits per heavy atom. The minimum Gasteiger partial charge on any atom is -0.481 e. The van der Waals surface area contributed by atoms with E-state index in [1.807, 2.05) is 0 Å². The average molecular weight is 908 g/mol. The zero-order valence-corrected chi connectivity index (χ0v) is 35.1.